The monoisotopic (exact) mass is 246 g/mol. The predicted molar refractivity (Wildman–Crippen MR) is 70.9 cm³/mol. The highest BCUT2D eigenvalue weighted by atomic mass is 16.5. The first-order valence-corrected chi connectivity index (χ1v) is 6.01. The van der Waals surface area contributed by atoms with Crippen LogP contribution < -0.4 is 10.1 Å². The van der Waals surface area contributed by atoms with E-state index >= 15 is 0 Å². The maximum absolute atomic E-state index is 11.0. The van der Waals surface area contributed by atoms with E-state index < -0.39 is 0 Å². The molecule has 2 aromatic rings. The van der Waals surface area contributed by atoms with Gasteiger partial charge in [-0.3, -0.25) is 4.79 Å². The zero-order chi connectivity index (χ0) is 13.1. The number of carbonyl (C=O) groups is 1. The van der Waals surface area contributed by atoms with Gasteiger partial charge in [0.2, 0.25) is 5.91 Å². The Morgan fingerprint density at radius 2 is 2.22 bits per heavy atom. The van der Waals surface area contributed by atoms with Gasteiger partial charge in [0.25, 0.3) is 0 Å². The van der Waals surface area contributed by atoms with Crippen LogP contribution in [0.1, 0.15) is 19.4 Å². The molecule has 1 amide bonds. The molecular formula is C14H18N2O2. The number of hydrogen-bond acceptors (Lipinski definition) is 2. The number of rotatable bonds is 4. The highest BCUT2D eigenvalue weighted by Gasteiger charge is 2.11. The van der Waals surface area contributed by atoms with Gasteiger partial charge in [0.15, 0.2) is 0 Å². The SMILES string of the molecule is COc1cccn2ccc(CC(C)NC(C)=O)c12. The number of hydrogen-bond donors (Lipinski definition) is 1. The molecule has 0 aromatic carbocycles. The first-order valence-electron chi connectivity index (χ1n) is 6.01. The standard InChI is InChI=1S/C14H18N2O2/c1-10(15-11(2)17)9-12-6-8-16-7-4-5-13(18-3)14(12)16/h4-8,10H,9H2,1-3H3,(H,15,17). The fraction of sp³-hybridized carbons (Fsp3) is 0.357. The largest absolute Gasteiger partial charge is 0.495 e. The summed E-state index contributed by atoms with van der Waals surface area (Å²) in [6.45, 7) is 3.54. The summed E-state index contributed by atoms with van der Waals surface area (Å²) in [5.74, 6) is 0.852. The van der Waals surface area contributed by atoms with Crippen LogP contribution in [0.15, 0.2) is 30.6 Å². The number of aromatic nitrogens is 1. The Bertz CT molecular complexity index is 560. The van der Waals surface area contributed by atoms with Crippen molar-refractivity contribution in [1.29, 1.82) is 0 Å². The number of carbonyl (C=O) groups excluding carboxylic acids is 1. The van der Waals surface area contributed by atoms with E-state index in [2.05, 4.69) is 11.4 Å². The van der Waals surface area contributed by atoms with Gasteiger partial charge in [0.1, 0.15) is 5.75 Å². The summed E-state index contributed by atoms with van der Waals surface area (Å²) >= 11 is 0. The summed E-state index contributed by atoms with van der Waals surface area (Å²) in [6.07, 6.45) is 4.79. The van der Waals surface area contributed by atoms with Crippen molar-refractivity contribution >= 4 is 11.4 Å². The van der Waals surface area contributed by atoms with Crippen LogP contribution in [-0.2, 0) is 11.2 Å². The van der Waals surface area contributed by atoms with Crippen molar-refractivity contribution in [3.63, 3.8) is 0 Å². The van der Waals surface area contributed by atoms with E-state index in [1.807, 2.05) is 35.9 Å². The molecule has 1 N–H and O–H groups in total. The van der Waals surface area contributed by atoms with Gasteiger partial charge < -0.3 is 14.5 Å². The second-order valence-electron chi connectivity index (χ2n) is 4.48. The molecule has 0 aliphatic heterocycles. The Balaban J connectivity index is 2.31. The molecule has 1 atom stereocenters. The van der Waals surface area contributed by atoms with Crippen LogP contribution in [0.25, 0.3) is 5.52 Å². The molecule has 0 saturated carbocycles. The highest BCUT2D eigenvalue weighted by molar-refractivity contribution is 5.73. The summed E-state index contributed by atoms with van der Waals surface area (Å²) < 4.78 is 7.42. The number of fused-ring (bicyclic) bond motifs is 1. The molecule has 18 heavy (non-hydrogen) atoms. The molecule has 0 radical (unpaired) electrons. The number of ether oxygens (including phenoxy) is 1. The van der Waals surface area contributed by atoms with Crippen molar-refractivity contribution in [2.45, 2.75) is 26.3 Å². The molecule has 0 fully saturated rings. The van der Waals surface area contributed by atoms with Crippen molar-refractivity contribution in [2.75, 3.05) is 7.11 Å². The topological polar surface area (TPSA) is 42.7 Å². The number of methoxy groups -OCH3 is 1. The lowest BCUT2D eigenvalue weighted by molar-refractivity contribution is -0.119. The van der Waals surface area contributed by atoms with Crippen LogP contribution in [0.5, 0.6) is 5.75 Å². The molecule has 0 saturated heterocycles. The van der Waals surface area contributed by atoms with Crippen molar-refractivity contribution in [2.24, 2.45) is 0 Å². The second-order valence-corrected chi connectivity index (χ2v) is 4.48. The molecule has 0 spiro atoms. The van der Waals surface area contributed by atoms with Crippen LogP contribution in [0.2, 0.25) is 0 Å². The maximum atomic E-state index is 11.0. The zero-order valence-electron chi connectivity index (χ0n) is 10.9. The van der Waals surface area contributed by atoms with Crippen molar-refractivity contribution in [1.82, 2.24) is 9.72 Å². The zero-order valence-corrected chi connectivity index (χ0v) is 10.9. The highest BCUT2D eigenvalue weighted by Crippen LogP contribution is 2.24. The molecule has 0 aliphatic rings. The first kappa shape index (κ1) is 12.5. The summed E-state index contributed by atoms with van der Waals surface area (Å²) in [5.41, 5.74) is 2.24. The molecule has 4 nitrogen and oxygen atoms in total. The van der Waals surface area contributed by atoms with Crippen LogP contribution in [-0.4, -0.2) is 23.5 Å². The Hall–Kier alpha value is -1.97. The summed E-state index contributed by atoms with van der Waals surface area (Å²) in [7, 11) is 1.67. The van der Waals surface area contributed by atoms with E-state index in [0.717, 1.165) is 17.7 Å². The van der Waals surface area contributed by atoms with Crippen molar-refractivity contribution in [3.05, 3.63) is 36.2 Å². The van der Waals surface area contributed by atoms with Gasteiger partial charge in [-0.25, -0.2) is 0 Å². The fourth-order valence-electron chi connectivity index (χ4n) is 2.26. The Labute approximate surface area is 107 Å². The molecule has 1 unspecified atom stereocenters. The van der Waals surface area contributed by atoms with Gasteiger partial charge >= 0.3 is 0 Å². The van der Waals surface area contributed by atoms with Crippen molar-refractivity contribution < 1.29 is 9.53 Å². The van der Waals surface area contributed by atoms with Gasteiger partial charge in [0, 0.05) is 25.4 Å². The maximum Gasteiger partial charge on any atom is 0.217 e. The van der Waals surface area contributed by atoms with Crippen LogP contribution in [0.3, 0.4) is 0 Å². The molecular weight excluding hydrogens is 228 g/mol. The van der Waals surface area contributed by atoms with E-state index in [9.17, 15) is 4.79 Å². The third-order valence-electron chi connectivity index (χ3n) is 2.92. The number of amides is 1. The number of nitrogens with zero attached hydrogens (tertiary/aromatic N) is 1. The van der Waals surface area contributed by atoms with E-state index in [4.69, 9.17) is 4.74 Å². The van der Waals surface area contributed by atoms with Crippen LogP contribution in [0, 0.1) is 0 Å². The predicted octanol–water partition coefficient (Wildman–Crippen LogP) is 2.01. The Morgan fingerprint density at radius 3 is 2.89 bits per heavy atom. The third-order valence-corrected chi connectivity index (χ3v) is 2.92. The summed E-state index contributed by atoms with van der Waals surface area (Å²) in [4.78, 5) is 11.0. The molecule has 2 rings (SSSR count). The van der Waals surface area contributed by atoms with Gasteiger partial charge in [-0.2, -0.15) is 0 Å². The minimum absolute atomic E-state index is 0.00187. The summed E-state index contributed by atoms with van der Waals surface area (Å²) in [6, 6.07) is 6.07. The average molecular weight is 246 g/mol. The normalized spacial score (nSPS) is 12.4. The van der Waals surface area contributed by atoms with Gasteiger partial charge in [-0.15, -0.1) is 0 Å². The average Bonchev–Trinajstić information content (AvgIpc) is 2.71. The van der Waals surface area contributed by atoms with E-state index in [-0.39, 0.29) is 11.9 Å². The third kappa shape index (κ3) is 2.47. The van der Waals surface area contributed by atoms with E-state index in [0.29, 0.717) is 0 Å². The lowest BCUT2D eigenvalue weighted by Gasteiger charge is -2.12. The number of pyridine rings is 1. The minimum Gasteiger partial charge on any atom is -0.495 e. The van der Waals surface area contributed by atoms with E-state index in [1.54, 1.807) is 7.11 Å². The second kappa shape index (κ2) is 5.12. The lowest BCUT2D eigenvalue weighted by atomic mass is 10.1. The molecule has 2 aromatic heterocycles. The molecule has 2 heterocycles. The van der Waals surface area contributed by atoms with Crippen LogP contribution in [0.4, 0.5) is 0 Å². The van der Waals surface area contributed by atoms with Gasteiger partial charge in [0.05, 0.1) is 12.6 Å². The lowest BCUT2D eigenvalue weighted by Crippen LogP contribution is -2.31. The van der Waals surface area contributed by atoms with Gasteiger partial charge in [-0.05, 0) is 37.1 Å². The summed E-state index contributed by atoms with van der Waals surface area (Å²) in [5, 5.41) is 2.89. The Morgan fingerprint density at radius 1 is 1.44 bits per heavy atom. The molecule has 4 heteroatoms. The van der Waals surface area contributed by atoms with Gasteiger partial charge in [-0.1, -0.05) is 0 Å². The van der Waals surface area contributed by atoms with Crippen LogP contribution >= 0.6 is 0 Å². The smallest absolute Gasteiger partial charge is 0.217 e. The molecule has 96 valence electrons. The quantitative estimate of drug-likeness (QED) is 0.896. The molecule has 0 bridgehead atoms. The van der Waals surface area contributed by atoms with Crippen molar-refractivity contribution in [3.8, 4) is 5.75 Å². The fourth-order valence-corrected chi connectivity index (χ4v) is 2.26. The van der Waals surface area contributed by atoms with E-state index in [1.165, 1.54) is 12.5 Å². The molecule has 0 aliphatic carbocycles. The minimum atomic E-state index is -0.00187. The first-order chi connectivity index (χ1) is 8.61. The Kier molecular flexibility index (Phi) is 3.55. The number of nitrogens with one attached hydrogen (secondary N) is 1.